The largest absolute Gasteiger partial charge is 0.326 e. The Morgan fingerprint density at radius 2 is 1.42 bits per heavy atom. The quantitative estimate of drug-likeness (QED) is 0.471. The zero-order valence-electron chi connectivity index (χ0n) is 7.84. The van der Waals surface area contributed by atoms with E-state index in [1.807, 2.05) is 0 Å². The standard InChI is InChI=1S/2C3H7.H3O3P.H3P.Sn/c2*1-3-2;1-4(2)3;;/h2*1,3H2,2H3;4H,(H2,1,2,3);1H3;. The molecular weight excluding hydrogens is 301 g/mol. The van der Waals surface area contributed by atoms with Gasteiger partial charge in [-0.2, -0.15) is 9.90 Å². The maximum absolute atomic E-state index is 8.74. The molecule has 0 amide bonds. The third-order valence-corrected chi connectivity index (χ3v) is 5.73. The van der Waals surface area contributed by atoms with Crippen molar-refractivity contribution in [2.24, 2.45) is 0 Å². The summed E-state index contributed by atoms with van der Waals surface area (Å²) in [4.78, 5) is 14.3. The molecule has 0 saturated heterocycles. The smallest absolute Gasteiger partial charge is 0.314 e. The molecule has 0 aliphatic heterocycles. The molecule has 1 unspecified atom stereocenters. The molecule has 0 rings (SSSR count). The molecule has 0 aliphatic rings. The van der Waals surface area contributed by atoms with Crippen LogP contribution in [0.15, 0.2) is 0 Å². The Kier molecular flexibility index (Phi) is 28.9. The Labute approximate surface area is 89.1 Å². The third kappa shape index (κ3) is 42.4. The molecule has 0 aromatic rings. The number of rotatable bonds is 4. The second-order valence-electron chi connectivity index (χ2n) is 2.03. The van der Waals surface area contributed by atoms with Gasteiger partial charge in [-0.05, 0) is 0 Å². The summed E-state index contributed by atoms with van der Waals surface area (Å²) in [5.74, 6) is 0. The summed E-state index contributed by atoms with van der Waals surface area (Å²) in [6.07, 6.45) is 2.87. The van der Waals surface area contributed by atoms with Crippen LogP contribution < -0.4 is 0 Å². The molecule has 0 saturated carbocycles. The normalized spacial score (nSPS) is 8.42. The minimum Gasteiger partial charge on any atom is -0.326 e. The number of hydrogen-bond donors (Lipinski definition) is 2. The van der Waals surface area contributed by atoms with Gasteiger partial charge in [-0.1, -0.05) is 0 Å². The minimum atomic E-state index is -3.13. The molecule has 2 radical (unpaired) electrons. The van der Waals surface area contributed by atoms with Crippen molar-refractivity contribution in [3.8, 4) is 0 Å². The van der Waals surface area contributed by atoms with Crippen molar-refractivity contribution in [3.05, 3.63) is 0 Å². The van der Waals surface area contributed by atoms with E-state index in [2.05, 4.69) is 13.8 Å². The Bertz CT molecular complexity index is 84.9. The molecule has 0 aromatic heterocycles. The zero-order valence-corrected chi connectivity index (χ0v) is 13.1. The van der Waals surface area contributed by atoms with E-state index in [9.17, 15) is 0 Å². The summed E-state index contributed by atoms with van der Waals surface area (Å²) in [6, 6.07) is 0. The van der Waals surface area contributed by atoms with Crippen LogP contribution in [0.2, 0.25) is 8.87 Å². The first kappa shape index (κ1) is 19.0. The Balaban J connectivity index is -0.000000142. The molecule has 0 spiro atoms. The van der Waals surface area contributed by atoms with E-state index in [0.29, 0.717) is 0 Å². The van der Waals surface area contributed by atoms with Gasteiger partial charge in [0.1, 0.15) is 0 Å². The van der Waals surface area contributed by atoms with Crippen LogP contribution in [0.5, 0.6) is 0 Å². The molecular formula is C6H20O3P2Sn. The molecule has 0 heterocycles. The van der Waals surface area contributed by atoms with E-state index >= 15 is 0 Å². The average Bonchev–Trinajstić information content (AvgIpc) is 1.88. The van der Waals surface area contributed by atoms with Crippen LogP contribution >= 0.6 is 18.2 Å². The molecule has 6 heteroatoms. The molecule has 0 aromatic carbocycles. The Morgan fingerprint density at radius 3 is 1.58 bits per heavy atom. The van der Waals surface area contributed by atoms with Crippen LogP contribution in [-0.2, 0) is 4.57 Å². The second-order valence-corrected chi connectivity index (χ2v) is 6.88. The summed E-state index contributed by atoms with van der Waals surface area (Å²) in [5, 5.41) is 0. The van der Waals surface area contributed by atoms with E-state index in [0.717, 1.165) is 0 Å². The van der Waals surface area contributed by atoms with Crippen molar-refractivity contribution < 1.29 is 14.4 Å². The van der Waals surface area contributed by atoms with Crippen LogP contribution in [0.25, 0.3) is 0 Å². The maximum atomic E-state index is 8.74. The predicted octanol–water partition coefficient (Wildman–Crippen LogP) is 1.77. The fourth-order valence-electron chi connectivity index (χ4n) is 0.479. The molecule has 76 valence electrons. The third-order valence-electron chi connectivity index (χ3n) is 0.854. The molecule has 0 aliphatic carbocycles. The van der Waals surface area contributed by atoms with Gasteiger partial charge in [0.05, 0.1) is 0 Å². The van der Waals surface area contributed by atoms with Crippen molar-refractivity contribution in [3.63, 3.8) is 0 Å². The van der Waals surface area contributed by atoms with Crippen LogP contribution in [-0.4, -0.2) is 30.9 Å². The summed E-state index contributed by atoms with van der Waals surface area (Å²) in [7, 11) is -3.13. The van der Waals surface area contributed by atoms with Crippen molar-refractivity contribution in [2.45, 2.75) is 35.6 Å². The van der Waals surface area contributed by atoms with Crippen molar-refractivity contribution in [1.29, 1.82) is 0 Å². The predicted molar refractivity (Wildman–Crippen MR) is 60.5 cm³/mol. The summed E-state index contributed by atoms with van der Waals surface area (Å²) < 4.78 is 11.9. The molecule has 0 bridgehead atoms. The van der Waals surface area contributed by atoms with Crippen LogP contribution in [0.4, 0.5) is 0 Å². The van der Waals surface area contributed by atoms with Gasteiger partial charge in [-0.3, -0.25) is 4.57 Å². The van der Waals surface area contributed by atoms with E-state index in [1.165, 1.54) is 12.8 Å². The summed E-state index contributed by atoms with van der Waals surface area (Å²) in [5.41, 5.74) is 0. The van der Waals surface area contributed by atoms with Gasteiger partial charge in [0.15, 0.2) is 0 Å². The van der Waals surface area contributed by atoms with Gasteiger partial charge in [0.25, 0.3) is 0 Å². The van der Waals surface area contributed by atoms with Gasteiger partial charge in [-0.15, -0.1) is 0 Å². The maximum Gasteiger partial charge on any atom is 0.314 e. The van der Waals surface area contributed by atoms with E-state index in [4.69, 9.17) is 14.4 Å². The minimum absolute atomic E-state index is 0. The Morgan fingerprint density at radius 1 is 1.17 bits per heavy atom. The molecule has 2 N–H and O–H groups in total. The van der Waals surface area contributed by atoms with Crippen molar-refractivity contribution in [2.75, 3.05) is 0 Å². The van der Waals surface area contributed by atoms with Crippen molar-refractivity contribution in [1.82, 2.24) is 0 Å². The van der Waals surface area contributed by atoms with Crippen LogP contribution in [0.1, 0.15) is 26.7 Å². The van der Waals surface area contributed by atoms with Gasteiger partial charge in [-0.25, -0.2) is 0 Å². The molecule has 3 nitrogen and oxygen atoms in total. The van der Waals surface area contributed by atoms with Crippen LogP contribution in [0.3, 0.4) is 0 Å². The average molecular weight is 321 g/mol. The van der Waals surface area contributed by atoms with Gasteiger partial charge < -0.3 is 9.79 Å². The van der Waals surface area contributed by atoms with Crippen molar-refractivity contribution >= 4 is 39.3 Å². The fraction of sp³-hybridized carbons (Fsp3) is 1.00. The first-order valence-electron chi connectivity index (χ1n) is 3.77. The zero-order chi connectivity index (χ0) is 9.11. The van der Waals surface area contributed by atoms with E-state index in [-0.39, 0.29) is 31.0 Å². The first-order chi connectivity index (χ1) is 5.15. The van der Waals surface area contributed by atoms with Crippen LogP contribution in [0, 0.1) is 0 Å². The van der Waals surface area contributed by atoms with Gasteiger partial charge >= 0.3 is 65.0 Å². The molecule has 12 heavy (non-hydrogen) atoms. The second kappa shape index (κ2) is 18.2. The Hall–Kier alpha value is 1.38. The summed E-state index contributed by atoms with van der Waals surface area (Å²) in [6.45, 7) is 4.58. The fourth-order valence-corrected chi connectivity index (χ4v) is 3.21. The monoisotopic (exact) mass is 322 g/mol. The van der Waals surface area contributed by atoms with E-state index in [1.54, 1.807) is 8.87 Å². The first-order valence-corrected chi connectivity index (χ1v) is 9.11. The van der Waals surface area contributed by atoms with Gasteiger partial charge in [0.2, 0.25) is 0 Å². The molecule has 0 fully saturated rings. The number of hydrogen-bond acceptors (Lipinski definition) is 1. The van der Waals surface area contributed by atoms with E-state index < -0.39 is 8.25 Å². The topological polar surface area (TPSA) is 57.5 Å². The molecule has 1 atom stereocenters. The SMILES string of the molecule is CC[CH2][Sn][CH2]CC.O=[PH](O)O.P. The van der Waals surface area contributed by atoms with Gasteiger partial charge in [0, 0.05) is 0 Å². The summed E-state index contributed by atoms with van der Waals surface area (Å²) >= 11 is 0.181.